The number of para-hydroxylation sites is 2. The number of aryl methyl sites for hydroxylation is 2. The summed E-state index contributed by atoms with van der Waals surface area (Å²) in [4.78, 5) is 44.0. The molecule has 2 heterocycles. The number of rotatable bonds is 3. The molecule has 1 aromatic carbocycles. The summed E-state index contributed by atoms with van der Waals surface area (Å²) in [5.74, 6) is -1.36. The van der Waals surface area contributed by atoms with E-state index in [1.54, 1.807) is 52.0 Å². The van der Waals surface area contributed by atoms with Gasteiger partial charge in [0.1, 0.15) is 10.4 Å². The van der Waals surface area contributed by atoms with Gasteiger partial charge in [-0.3, -0.25) is 14.5 Å². The van der Waals surface area contributed by atoms with Crippen LogP contribution in [0.4, 0.5) is 11.4 Å². The molecular formula is C19H21N3O4S. The third-order valence-electron chi connectivity index (χ3n) is 4.45. The Morgan fingerprint density at radius 2 is 1.93 bits per heavy atom. The average Bonchev–Trinajstić information content (AvgIpc) is 2.93. The Balaban J connectivity index is 1.88. The Kier molecular flexibility index (Phi) is 4.77. The minimum atomic E-state index is -1.12. The molecule has 1 aromatic heterocycles. The summed E-state index contributed by atoms with van der Waals surface area (Å²) in [5.41, 5.74) is 0.566. The summed E-state index contributed by atoms with van der Waals surface area (Å²) >= 11 is 1.23. The quantitative estimate of drug-likeness (QED) is 0.818. The van der Waals surface area contributed by atoms with Crippen LogP contribution in [0.3, 0.4) is 0 Å². The van der Waals surface area contributed by atoms with Crippen LogP contribution in [0.2, 0.25) is 0 Å². The van der Waals surface area contributed by atoms with E-state index < -0.39 is 23.5 Å². The summed E-state index contributed by atoms with van der Waals surface area (Å²) in [5, 5.41) is 3.55. The number of fused-ring (bicyclic) bond motifs is 1. The van der Waals surface area contributed by atoms with Crippen LogP contribution >= 0.6 is 11.3 Å². The Bertz CT molecular complexity index is 935. The van der Waals surface area contributed by atoms with Crippen molar-refractivity contribution in [2.75, 3.05) is 10.2 Å². The Morgan fingerprint density at radius 1 is 1.26 bits per heavy atom. The van der Waals surface area contributed by atoms with Crippen LogP contribution in [-0.2, 0) is 14.3 Å². The van der Waals surface area contributed by atoms with Crippen molar-refractivity contribution in [1.82, 2.24) is 4.98 Å². The van der Waals surface area contributed by atoms with E-state index in [-0.39, 0.29) is 5.91 Å². The molecule has 3 rings (SSSR count). The highest BCUT2D eigenvalue weighted by Gasteiger charge is 2.45. The molecule has 27 heavy (non-hydrogen) atoms. The number of hydrogen-bond donors (Lipinski definition) is 1. The Hall–Kier alpha value is -2.74. The summed E-state index contributed by atoms with van der Waals surface area (Å²) in [7, 11) is 0. The second-order valence-corrected chi connectivity index (χ2v) is 8.10. The maximum atomic E-state index is 13.1. The van der Waals surface area contributed by atoms with Gasteiger partial charge in [-0.15, -0.1) is 11.3 Å². The van der Waals surface area contributed by atoms with Crippen molar-refractivity contribution >= 4 is 40.5 Å². The topological polar surface area (TPSA) is 88.6 Å². The number of aromatic nitrogens is 1. The monoisotopic (exact) mass is 387 g/mol. The van der Waals surface area contributed by atoms with Crippen LogP contribution in [0.15, 0.2) is 24.3 Å². The summed E-state index contributed by atoms with van der Waals surface area (Å²) in [6.45, 7) is 8.34. The summed E-state index contributed by atoms with van der Waals surface area (Å²) in [6, 6.07) is 7.04. The molecule has 0 bridgehead atoms. The SMILES string of the molecule is Cc1nc(C)c(C(=O)O[C@H](C)C(=O)N2c3ccccc3NC(=O)C2(C)C)s1. The van der Waals surface area contributed by atoms with E-state index in [2.05, 4.69) is 10.3 Å². The number of hydrogen-bond acceptors (Lipinski definition) is 6. The van der Waals surface area contributed by atoms with E-state index in [1.165, 1.54) is 23.2 Å². The van der Waals surface area contributed by atoms with E-state index in [4.69, 9.17) is 4.74 Å². The number of nitrogens with zero attached hydrogens (tertiary/aromatic N) is 2. The van der Waals surface area contributed by atoms with Crippen LogP contribution in [0.5, 0.6) is 0 Å². The van der Waals surface area contributed by atoms with Gasteiger partial charge in [-0.05, 0) is 46.8 Å². The van der Waals surface area contributed by atoms with Crippen molar-refractivity contribution < 1.29 is 19.1 Å². The largest absolute Gasteiger partial charge is 0.448 e. The minimum Gasteiger partial charge on any atom is -0.448 e. The average molecular weight is 387 g/mol. The molecule has 0 saturated carbocycles. The van der Waals surface area contributed by atoms with E-state index in [0.29, 0.717) is 21.9 Å². The lowest BCUT2D eigenvalue weighted by atomic mass is 9.95. The fourth-order valence-electron chi connectivity index (χ4n) is 3.01. The van der Waals surface area contributed by atoms with Gasteiger partial charge in [-0.2, -0.15) is 0 Å². The zero-order valence-electron chi connectivity index (χ0n) is 15.8. The van der Waals surface area contributed by atoms with Crippen molar-refractivity contribution in [2.45, 2.75) is 46.3 Å². The van der Waals surface area contributed by atoms with Crippen LogP contribution < -0.4 is 10.2 Å². The molecule has 8 heteroatoms. The molecule has 1 N–H and O–H groups in total. The van der Waals surface area contributed by atoms with Crippen LogP contribution in [0.1, 0.15) is 41.1 Å². The predicted molar refractivity (Wildman–Crippen MR) is 103 cm³/mol. The van der Waals surface area contributed by atoms with E-state index in [0.717, 1.165) is 5.01 Å². The van der Waals surface area contributed by atoms with Crippen LogP contribution in [-0.4, -0.2) is 34.4 Å². The van der Waals surface area contributed by atoms with Crippen LogP contribution in [0, 0.1) is 13.8 Å². The highest BCUT2D eigenvalue weighted by molar-refractivity contribution is 7.13. The maximum absolute atomic E-state index is 13.1. The standard InChI is InChI=1S/C19H21N3O4S/c1-10-15(27-12(3)20-10)17(24)26-11(2)16(23)22-14-9-7-6-8-13(14)21-18(25)19(22,4)5/h6-9,11H,1-5H3,(H,21,25)/t11-/m1/s1. The first-order valence-corrected chi connectivity index (χ1v) is 9.34. The fourth-order valence-corrected chi connectivity index (χ4v) is 3.82. The molecule has 0 aliphatic carbocycles. The highest BCUT2D eigenvalue weighted by Crippen LogP contribution is 2.37. The molecule has 142 valence electrons. The number of anilines is 2. The van der Waals surface area contributed by atoms with E-state index >= 15 is 0 Å². The molecule has 1 atom stereocenters. The second-order valence-electron chi connectivity index (χ2n) is 6.90. The first-order valence-electron chi connectivity index (χ1n) is 8.52. The molecule has 2 aromatic rings. The number of carbonyl (C=O) groups is 3. The zero-order valence-corrected chi connectivity index (χ0v) is 16.6. The van der Waals surface area contributed by atoms with Gasteiger partial charge in [-0.25, -0.2) is 9.78 Å². The van der Waals surface area contributed by atoms with Gasteiger partial charge >= 0.3 is 5.97 Å². The van der Waals surface area contributed by atoms with Gasteiger partial charge in [0.15, 0.2) is 6.10 Å². The summed E-state index contributed by atoms with van der Waals surface area (Å²) in [6.07, 6.45) is -1.06. The molecular weight excluding hydrogens is 366 g/mol. The first kappa shape index (κ1) is 19.0. The predicted octanol–water partition coefficient (Wildman–Crippen LogP) is 3.07. The van der Waals surface area contributed by atoms with Crippen molar-refractivity contribution in [1.29, 1.82) is 0 Å². The number of ether oxygens (including phenoxy) is 1. The van der Waals surface area contributed by atoms with E-state index in [1.807, 2.05) is 0 Å². The molecule has 1 aliphatic heterocycles. The molecule has 0 radical (unpaired) electrons. The maximum Gasteiger partial charge on any atom is 0.351 e. The van der Waals surface area contributed by atoms with Crippen LogP contribution in [0.25, 0.3) is 0 Å². The van der Waals surface area contributed by atoms with Crippen molar-refractivity contribution in [3.05, 3.63) is 39.8 Å². The Labute approximate surface area is 161 Å². The lowest BCUT2D eigenvalue weighted by molar-refractivity contribution is -0.131. The molecule has 2 amide bonds. The Morgan fingerprint density at radius 3 is 2.56 bits per heavy atom. The molecule has 7 nitrogen and oxygen atoms in total. The molecule has 0 saturated heterocycles. The number of nitrogens with one attached hydrogen (secondary N) is 1. The molecule has 1 aliphatic rings. The van der Waals surface area contributed by atoms with Gasteiger partial charge in [-0.1, -0.05) is 12.1 Å². The summed E-state index contributed by atoms with van der Waals surface area (Å²) < 4.78 is 5.40. The van der Waals surface area contributed by atoms with Gasteiger partial charge < -0.3 is 10.1 Å². The normalized spacial score (nSPS) is 16.3. The van der Waals surface area contributed by atoms with Gasteiger partial charge in [0, 0.05) is 0 Å². The third kappa shape index (κ3) is 3.32. The highest BCUT2D eigenvalue weighted by atomic mass is 32.1. The number of thiazole rings is 1. The minimum absolute atomic E-state index is 0.304. The van der Waals surface area contributed by atoms with Gasteiger partial charge in [0.25, 0.3) is 5.91 Å². The van der Waals surface area contributed by atoms with Crippen molar-refractivity contribution in [2.24, 2.45) is 0 Å². The van der Waals surface area contributed by atoms with Gasteiger partial charge in [0.2, 0.25) is 5.91 Å². The lowest BCUT2D eigenvalue weighted by Crippen LogP contribution is -2.60. The number of benzene rings is 1. The number of esters is 1. The number of amides is 2. The molecule has 0 fully saturated rings. The zero-order chi connectivity index (χ0) is 19.9. The molecule has 0 unspecified atom stereocenters. The van der Waals surface area contributed by atoms with Crippen molar-refractivity contribution in [3.8, 4) is 0 Å². The molecule has 0 spiro atoms. The number of carbonyl (C=O) groups excluding carboxylic acids is 3. The van der Waals surface area contributed by atoms with Crippen molar-refractivity contribution in [3.63, 3.8) is 0 Å². The smallest absolute Gasteiger partial charge is 0.351 e. The second kappa shape index (κ2) is 6.77. The first-order chi connectivity index (χ1) is 12.6. The lowest BCUT2D eigenvalue weighted by Gasteiger charge is -2.42. The fraction of sp³-hybridized carbons (Fsp3) is 0.368. The third-order valence-corrected chi connectivity index (χ3v) is 5.50. The van der Waals surface area contributed by atoms with E-state index in [9.17, 15) is 14.4 Å². The van der Waals surface area contributed by atoms with Gasteiger partial charge in [0.05, 0.1) is 22.1 Å².